The standard InChI is InChI=1S/C33H37NO11S/c1-40-33-31(45-46(38,39)25-18-16-24(17-19-25)34-27(35)14-8-9-15-28(36)37)30(41-20-22-10-4-2-5-11-22)29-26(43-33)21-42-32(44-29)23-12-6-3-7-13-23/h2-7,10-13,16-19,26,29-33H,8-9,14-15,20-21H2,1H3,(H,34,35)(H,36,37)/t26-,29-,30+,31+,32?,33-/m1/s1. The summed E-state index contributed by atoms with van der Waals surface area (Å²) < 4.78 is 63.3. The van der Waals surface area contributed by atoms with Crippen molar-refractivity contribution in [3.8, 4) is 0 Å². The third-order valence-corrected chi connectivity index (χ3v) is 8.91. The van der Waals surface area contributed by atoms with Crippen molar-refractivity contribution in [3.05, 3.63) is 96.1 Å². The van der Waals surface area contributed by atoms with Gasteiger partial charge in [0.05, 0.1) is 18.1 Å². The molecule has 1 amide bonds. The number of unbranched alkanes of at least 4 members (excludes halogenated alkanes) is 1. The number of rotatable bonds is 14. The smallest absolute Gasteiger partial charge is 0.303 e. The minimum Gasteiger partial charge on any atom is -0.481 e. The zero-order valence-corrected chi connectivity index (χ0v) is 26.0. The van der Waals surface area contributed by atoms with Gasteiger partial charge in [0.2, 0.25) is 5.91 Å². The van der Waals surface area contributed by atoms with Gasteiger partial charge in [0, 0.05) is 31.2 Å². The molecular weight excluding hydrogens is 618 g/mol. The molecule has 0 saturated carbocycles. The summed E-state index contributed by atoms with van der Waals surface area (Å²) >= 11 is 0. The van der Waals surface area contributed by atoms with Gasteiger partial charge >= 0.3 is 5.97 Å². The van der Waals surface area contributed by atoms with Gasteiger partial charge < -0.3 is 34.1 Å². The van der Waals surface area contributed by atoms with Crippen molar-refractivity contribution in [1.82, 2.24) is 0 Å². The lowest BCUT2D eigenvalue weighted by atomic mass is 9.97. The number of benzene rings is 3. The van der Waals surface area contributed by atoms with E-state index >= 15 is 0 Å². The van der Waals surface area contributed by atoms with E-state index in [0.717, 1.165) is 11.1 Å². The molecule has 2 aliphatic heterocycles. The first-order valence-electron chi connectivity index (χ1n) is 14.9. The molecule has 3 aromatic carbocycles. The molecule has 13 heteroatoms. The molecule has 2 N–H and O–H groups in total. The highest BCUT2D eigenvalue weighted by molar-refractivity contribution is 7.86. The van der Waals surface area contributed by atoms with Crippen LogP contribution in [0.3, 0.4) is 0 Å². The molecule has 2 aliphatic rings. The summed E-state index contributed by atoms with van der Waals surface area (Å²) in [6, 6.07) is 24.3. The lowest BCUT2D eigenvalue weighted by molar-refractivity contribution is -0.360. The fourth-order valence-electron chi connectivity index (χ4n) is 5.27. The van der Waals surface area contributed by atoms with Gasteiger partial charge in [0.1, 0.15) is 18.3 Å². The normalized spacial score (nSPS) is 24.5. The highest BCUT2D eigenvalue weighted by Crippen LogP contribution is 2.38. The number of methoxy groups -OCH3 is 1. The third kappa shape index (κ3) is 8.76. The second-order valence-electron chi connectivity index (χ2n) is 10.9. The number of carboxylic acids is 1. The van der Waals surface area contributed by atoms with E-state index in [-0.39, 0.29) is 36.9 Å². The molecule has 0 radical (unpaired) electrons. The predicted octanol–water partition coefficient (Wildman–Crippen LogP) is 4.41. The summed E-state index contributed by atoms with van der Waals surface area (Å²) in [4.78, 5) is 22.7. The van der Waals surface area contributed by atoms with Gasteiger partial charge in [-0.05, 0) is 42.7 Å². The van der Waals surface area contributed by atoms with Crippen LogP contribution in [-0.4, -0.2) is 69.8 Å². The van der Waals surface area contributed by atoms with Crippen LogP contribution in [-0.2, 0) is 54.2 Å². The van der Waals surface area contributed by atoms with Crippen LogP contribution in [0.2, 0.25) is 0 Å². The van der Waals surface area contributed by atoms with Gasteiger partial charge in [0.25, 0.3) is 10.1 Å². The SMILES string of the molecule is CO[C@@H]1O[C@@H]2COC(c3ccccc3)O[C@H]2[C@H](OCc2ccccc2)[C@@H]1OS(=O)(=O)c1ccc(NC(=O)CCCCC(=O)O)cc1. The summed E-state index contributed by atoms with van der Waals surface area (Å²) in [6.07, 6.45) is -4.50. The Morgan fingerprint density at radius 2 is 1.57 bits per heavy atom. The Balaban J connectivity index is 1.33. The van der Waals surface area contributed by atoms with Crippen LogP contribution >= 0.6 is 0 Å². The first-order chi connectivity index (χ1) is 22.2. The molecule has 0 bridgehead atoms. The highest BCUT2D eigenvalue weighted by atomic mass is 32.2. The third-order valence-electron chi connectivity index (χ3n) is 7.58. The predicted molar refractivity (Wildman–Crippen MR) is 164 cm³/mol. The minimum absolute atomic E-state index is 0.0110. The topological polar surface area (TPSA) is 156 Å². The van der Waals surface area contributed by atoms with E-state index in [1.807, 2.05) is 60.7 Å². The molecule has 0 aromatic heterocycles. The summed E-state index contributed by atoms with van der Waals surface area (Å²) in [5.41, 5.74) is 2.04. The summed E-state index contributed by atoms with van der Waals surface area (Å²) in [7, 11) is -3.00. The maximum Gasteiger partial charge on any atom is 0.303 e. The second kappa shape index (κ2) is 15.7. The number of nitrogens with one attached hydrogen (secondary N) is 1. The molecule has 0 aliphatic carbocycles. The Morgan fingerprint density at radius 3 is 2.24 bits per heavy atom. The average Bonchev–Trinajstić information content (AvgIpc) is 3.06. The Labute approximate surface area is 267 Å². The lowest BCUT2D eigenvalue weighted by Gasteiger charge is -2.48. The van der Waals surface area contributed by atoms with Crippen LogP contribution in [0.4, 0.5) is 5.69 Å². The first-order valence-corrected chi connectivity index (χ1v) is 16.3. The summed E-state index contributed by atoms with van der Waals surface area (Å²) in [5, 5.41) is 11.4. The van der Waals surface area contributed by atoms with Crippen molar-refractivity contribution in [2.75, 3.05) is 19.0 Å². The zero-order chi connectivity index (χ0) is 32.5. The number of carboxylic acid groups (broad SMARTS) is 1. The maximum absolute atomic E-state index is 13.6. The molecular formula is C33H37NO11S. The second-order valence-corrected chi connectivity index (χ2v) is 12.5. The Bertz CT molecular complexity index is 1540. The molecule has 46 heavy (non-hydrogen) atoms. The molecule has 0 spiro atoms. The van der Waals surface area contributed by atoms with E-state index in [1.54, 1.807) is 0 Å². The van der Waals surface area contributed by atoms with Crippen molar-refractivity contribution in [2.24, 2.45) is 0 Å². The zero-order valence-electron chi connectivity index (χ0n) is 25.2. The number of aliphatic carboxylic acids is 1. The number of carbonyl (C=O) groups is 2. The van der Waals surface area contributed by atoms with Crippen LogP contribution in [0.5, 0.6) is 0 Å². The van der Waals surface area contributed by atoms with Crippen LogP contribution in [0.1, 0.15) is 43.1 Å². The maximum atomic E-state index is 13.6. The first kappa shape index (κ1) is 33.7. The van der Waals surface area contributed by atoms with E-state index in [2.05, 4.69) is 5.32 Å². The molecule has 6 atom stereocenters. The molecule has 2 fully saturated rings. The summed E-state index contributed by atoms with van der Waals surface area (Å²) in [5.74, 6) is -1.22. The fourth-order valence-corrected chi connectivity index (χ4v) is 6.34. The lowest BCUT2D eigenvalue weighted by Crippen LogP contribution is -2.63. The number of hydrogen-bond donors (Lipinski definition) is 2. The molecule has 5 rings (SSSR count). The minimum atomic E-state index is -4.39. The number of anilines is 1. The average molecular weight is 656 g/mol. The van der Waals surface area contributed by atoms with Crippen molar-refractivity contribution in [1.29, 1.82) is 0 Å². The van der Waals surface area contributed by atoms with Crippen molar-refractivity contribution in [3.63, 3.8) is 0 Å². The van der Waals surface area contributed by atoms with Gasteiger partial charge in [0.15, 0.2) is 18.7 Å². The number of fused-ring (bicyclic) bond motifs is 1. The van der Waals surface area contributed by atoms with Crippen molar-refractivity contribution >= 4 is 27.7 Å². The molecule has 1 unspecified atom stereocenters. The van der Waals surface area contributed by atoms with Crippen LogP contribution in [0.15, 0.2) is 89.8 Å². The van der Waals surface area contributed by atoms with Gasteiger partial charge in [-0.25, -0.2) is 0 Å². The number of hydrogen-bond acceptors (Lipinski definition) is 10. The number of ether oxygens (including phenoxy) is 5. The van der Waals surface area contributed by atoms with E-state index in [0.29, 0.717) is 18.5 Å². The largest absolute Gasteiger partial charge is 0.481 e. The van der Waals surface area contributed by atoms with E-state index in [4.69, 9.17) is 33.0 Å². The van der Waals surface area contributed by atoms with E-state index < -0.39 is 53.1 Å². The molecule has 2 heterocycles. The van der Waals surface area contributed by atoms with Gasteiger partial charge in [-0.15, -0.1) is 0 Å². The van der Waals surface area contributed by atoms with Crippen molar-refractivity contribution < 1.29 is 51.0 Å². The van der Waals surface area contributed by atoms with Crippen molar-refractivity contribution in [2.45, 2.75) is 74.2 Å². The van der Waals surface area contributed by atoms with Gasteiger partial charge in [-0.1, -0.05) is 60.7 Å². The highest BCUT2D eigenvalue weighted by Gasteiger charge is 2.53. The Kier molecular flexibility index (Phi) is 11.5. The van der Waals surface area contributed by atoms with E-state index in [9.17, 15) is 18.0 Å². The number of carbonyl (C=O) groups excluding carboxylic acids is 1. The Hall–Kier alpha value is -3.69. The van der Waals surface area contributed by atoms with Crippen LogP contribution in [0.25, 0.3) is 0 Å². The molecule has 12 nitrogen and oxygen atoms in total. The molecule has 246 valence electrons. The Morgan fingerprint density at radius 1 is 0.891 bits per heavy atom. The monoisotopic (exact) mass is 655 g/mol. The van der Waals surface area contributed by atoms with Crippen LogP contribution < -0.4 is 5.32 Å². The molecule has 3 aromatic rings. The number of amides is 1. The van der Waals surface area contributed by atoms with E-state index in [1.165, 1.54) is 31.4 Å². The van der Waals surface area contributed by atoms with Gasteiger partial charge in [-0.3, -0.25) is 13.8 Å². The van der Waals surface area contributed by atoms with Crippen LogP contribution in [0, 0.1) is 0 Å². The summed E-state index contributed by atoms with van der Waals surface area (Å²) in [6.45, 7) is 0.303. The molecule has 2 saturated heterocycles. The quantitative estimate of drug-likeness (QED) is 0.187. The fraction of sp³-hybridized carbons (Fsp3) is 0.394. The van der Waals surface area contributed by atoms with Gasteiger partial charge in [-0.2, -0.15) is 8.42 Å².